The highest BCUT2D eigenvalue weighted by atomic mass is 28.6. The molecule has 8 unspecified atom stereocenters. The van der Waals surface area contributed by atoms with Gasteiger partial charge in [0, 0.05) is 75.7 Å². The molecule has 0 radical (unpaired) electrons. The van der Waals surface area contributed by atoms with Crippen LogP contribution >= 0.6 is 0 Å². The van der Waals surface area contributed by atoms with Gasteiger partial charge in [0.05, 0.1) is 0 Å². The van der Waals surface area contributed by atoms with Gasteiger partial charge in [0.25, 0.3) is 0 Å². The molecule has 0 aromatic carbocycles. The molecule has 15 nitrogen and oxygen atoms in total. The Morgan fingerprint density at radius 1 is 0.267 bits per heavy atom. The molecule has 4 saturated heterocycles. The van der Waals surface area contributed by atoms with Crippen LogP contribution in [-0.2, 0) is 62.7 Å². The third-order valence-electron chi connectivity index (χ3n) is 8.56. The molecule has 8 atom stereocenters. The summed E-state index contributed by atoms with van der Waals surface area (Å²) in [7, 11) is -29.2. The maximum absolute atomic E-state index is 7.24. The summed E-state index contributed by atoms with van der Waals surface area (Å²) < 4.78 is 104. The topological polar surface area (TPSA) is 138 Å². The van der Waals surface area contributed by atoms with Gasteiger partial charge in [-0.25, -0.2) is 0 Å². The molecule has 0 N–H and O–H groups in total. The second kappa shape index (κ2) is 14.2. The molecular formula is C21H54O15Si9. The number of fused-ring (bicyclic) bond motifs is 4. The summed E-state index contributed by atoms with van der Waals surface area (Å²) in [5.74, 6) is 0. The molecule has 4 fully saturated rings. The van der Waals surface area contributed by atoms with Gasteiger partial charge in [-0.1, -0.05) is 62.3 Å². The van der Waals surface area contributed by atoms with Crippen molar-refractivity contribution in [2.45, 2.75) is 117 Å². The standard InChI is InChI=1S/C21H54O15Si9/c1-13-37(22-10)25-40(16-4)27-38(14-2,23-11)29-42(18-6)33-43(19-7)30-39(15-3,24-12)28-41(17-5,26-37)32-45(21-9,35-43)36-44(20-8,31-40)34-42/h13-21H2,1-12H3. The van der Waals surface area contributed by atoms with Crippen LogP contribution in [-0.4, -0.2) is 101 Å². The van der Waals surface area contributed by atoms with Crippen molar-refractivity contribution in [3.8, 4) is 0 Å². The lowest BCUT2D eigenvalue weighted by Gasteiger charge is -2.58. The fraction of sp³-hybridized carbons (Fsp3) is 1.00. The Morgan fingerprint density at radius 2 is 0.422 bits per heavy atom. The van der Waals surface area contributed by atoms with E-state index in [1.807, 2.05) is 62.3 Å². The lowest BCUT2D eigenvalue weighted by atomic mass is 11.0. The smallest absolute Gasteiger partial charge is 0.378 e. The van der Waals surface area contributed by atoms with Gasteiger partial charge in [-0.15, -0.1) is 0 Å². The molecule has 0 saturated carbocycles. The monoisotopic (exact) mass is 798 g/mol. The number of hydrogen-bond donors (Lipinski definition) is 0. The third-order valence-corrected chi connectivity index (χ3v) is 48.1. The van der Waals surface area contributed by atoms with E-state index in [9.17, 15) is 0 Å². The van der Waals surface area contributed by atoms with Crippen molar-refractivity contribution in [3.05, 3.63) is 0 Å². The maximum atomic E-state index is 7.24. The third kappa shape index (κ3) is 7.13. The summed E-state index contributed by atoms with van der Waals surface area (Å²) in [5, 5.41) is 0. The van der Waals surface area contributed by atoms with E-state index < -0.39 is 79.2 Å². The van der Waals surface area contributed by atoms with Crippen LogP contribution in [0.3, 0.4) is 0 Å². The van der Waals surface area contributed by atoms with Gasteiger partial charge in [-0.3, -0.25) is 0 Å². The van der Waals surface area contributed by atoms with Crippen LogP contribution in [0, 0.1) is 0 Å². The Kier molecular flexibility index (Phi) is 12.3. The largest absolute Gasteiger partial charge is 0.485 e. The Hall–Kier alpha value is 1.35. The molecule has 0 aliphatic carbocycles. The van der Waals surface area contributed by atoms with Crippen LogP contribution in [0.4, 0.5) is 0 Å². The second-order valence-corrected chi connectivity index (χ2v) is 40.8. The van der Waals surface area contributed by atoms with Gasteiger partial charge in [-0.2, -0.15) is 0 Å². The van der Waals surface area contributed by atoms with E-state index in [4.69, 9.17) is 62.7 Å². The zero-order valence-corrected chi connectivity index (χ0v) is 38.0. The minimum atomic E-state index is -3.84. The van der Waals surface area contributed by atoms with E-state index in [2.05, 4.69) is 0 Å². The normalized spacial score (nSPS) is 48.8. The van der Waals surface area contributed by atoms with Crippen molar-refractivity contribution < 1.29 is 62.7 Å². The van der Waals surface area contributed by atoms with Gasteiger partial charge in [-0.05, 0) is 0 Å². The molecule has 0 spiro atoms. The molecule has 24 heteroatoms. The van der Waals surface area contributed by atoms with Crippen LogP contribution in [0.25, 0.3) is 0 Å². The van der Waals surface area contributed by atoms with Crippen LogP contribution in [0.15, 0.2) is 0 Å². The van der Waals surface area contributed by atoms with Gasteiger partial charge >= 0.3 is 79.2 Å². The Labute approximate surface area is 278 Å². The fourth-order valence-electron chi connectivity index (χ4n) is 5.70. The minimum Gasteiger partial charge on any atom is -0.378 e. The molecule has 0 aromatic rings. The molecule has 0 amide bonds. The van der Waals surface area contributed by atoms with E-state index in [0.717, 1.165) is 0 Å². The molecule has 4 rings (SSSR count). The summed E-state index contributed by atoms with van der Waals surface area (Å²) in [4.78, 5) is 0. The van der Waals surface area contributed by atoms with Crippen molar-refractivity contribution in [1.29, 1.82) is 0 Å². The quantitative estimate of drug-likeness (QED) is 0.250. The first kappa shape index (κ1) is 39.1. The molecule has 6 bridgehead atoms. The van der Waals surface area contributed by atoms with Crippen molar-refractivity contribution >= 4 is 79.2 Å². The second-order valence-electron chi connectivity index (χ2n) is 11.2. The minimum absolute atomic E-state index is 0.353. The van der Waals surface area contributed by atoms with Crippen LogP contribution in [0.1, 0.15) is 62.3 Å². The molecule has 264 valence electrons. The maximum Gasteiger partial charge on any atom is 0.485 e. The lowest BCUT2D eigenvalue weighted by Crippen LogP contribution is -2.83. The van der Waals surface area contributed by atoms with Crippen molar-refractivity contribution in [2.75, 3.05) is 21.3 Å². The first-order valence-corrected chi connectivity index (χ1v) is 33.7. The predicted molar refractivity (Wildman–Crippen MR) is 180 cm³/mol. The number of hydrogen-bond acceptors (Lipinski definition) is 15. The summed E-state index contributed by atoms with van der Waals surface area (Å²) in [6.07, 6.45) is 0. The first-order chi connectivity index (χ1) is 21.2. The fourth-order valence-corrected chi connectivity index (χ4v) is 56.5. The highest BCUT2D eigenvalue weighted by Gasteiger charge is 2.78. The summed E-state index contributed by atoms with van der Waals surface area (Å²) in [6.45, 7) is 17.6. The van der Waals surface area contributed by atoms with Gasteiger partial charge in [0.2, 0.25) is 0 Å². The van der Waals surface area contributed by atoms with Crippen LogP contribution < -0.4 is 0 Å². The van der Waals surface area contributed by atoms with E-state index in [1.54, 1.807) is 21.3 Å². The van der Waals surface area contributed by atoms with Crippen molar-refractivity contribution in [2.24, 2.45) is 0 Å². The zero-order valence-electron chi connectivity index (χ0n) is 29.0. The molecule has 4 aliphatic rings. The zero-order chi connectivity index (χ0) is 33.5. The van der Waals surface area contributed by atoms with Gasteiger partial charge in [0.1, 0.15) is 0 Å². The van der Waals surface area contributed by atoms with Crippen LogP contribution in [0.2, 0.25) is 54.4 Å². The molecule has 45 heavy (non-hydrogen) atoms. The summed E-state index contributed by atoms with van der Waals surface area (Å²) in [6, 6.07) is 3.33. The van der Waals surface area contributed by atoms with Gasteiger partial charge in [0.15, 0.2) is 0 Å². The first-order valence-electron chi connectivity index (χ1n) is 16.3. The van der Waals surface area contributed by atoms with Crippen molar-refractivity contribution in [1.82, 2.24) is 0 Å². The number of rotatable bonds is 12. The van der Waals surface area contributed by atoms with E-state index >= 15 is 0 Å². The van der Waals surface area contributed by atoms with Gasteiger partial charge < -0.3 is 62.7 Å². The summed E-state index contributed by atoms with van der Waals surface area (Å²) in [5.41, 5.74) is 0. The molecule has 4 aliphatic heterocycles. The van der Waals surface area contributed by atoms with Crippen molar-refractivity contribution in [3.63, 3.8) is 0 Å². The Morgan fingerprint density at radius 3 is 0.556 bits per heavy atom. The molecule has 4 heterocycles. The van der Waals surface area contributed by atoms with E-state index in [-0.39, 0.29) is 0 Å². The Balaban J connectivity index is 2.18. The molecule has 0 aromatic heterocycles. The van der Waals surface area contributed by atoms with E-state index in [0.29, 0.717) is 54.4 Å². The Bertz CT molecular complexity index is 958. The average molecular weight is 799 g/mol. The van der Waals surface area contributed by atoms with E-state index in [1.165, 1.54) is 0 Å². The highest BCUT2D eigenvalue weighted by Crippen LogP contribution is 2.49. The predicted octanol–water partition coefficient (Wildman–Crippen LogP) is 4.81. The highest BCUT2D eigenvalue weighted by molar-refractivity contribution is 7.00. The average Bonchev–Trinajstić information content (AvgIpc) is 3.04. The SMILES string of the molecule is CC[Si]1(OC)O[Si]2(CC)O[Si](CC)(OC)O[Si]3(CC)O[Si]4(CC)O[Si](CC)(OC)O[Si](CC)(O1)O[Si](CC)(O4)O[Si](CC)(O2)O3. The lowest BCUT2D eigenvalue weighted by molar-refractivity contribution is -0.00602. The summed E-state index contributed by atoms with van der Waals surface area (Å²) >= 11 is 0. The molecular weight excluding hydrogens is 745 g/mol. The van der Waals surface area contributed by atoms with Crippen LogP contribution in [0.5, 0.6) is 0 Å².